The number of hydrogen-bond acceptors (Lipinski definition) is 0. The fourth-order valence-corrected chi connectivity index (χ4v) is 3.13. The van der Waals surface area contributed by atoms with Gasteiger partial charge in [-0.3, -0.25) is 0 Å². The molecule has 0 heteroatoms. The van der Waals surface area contributed by atoms with E-state index in [1.165, 1.54) is 28.7 Å². The lowest BCUT2D eigenvalue weighted by molar-refractivity contribution is 0.305. The standard InChI is InChI=1S/C20H22/c1-3-20(2)14-18-10-6-4-8-16(18)12-13-17-9-5-7-11-19(17)15-20/h4-13H,3,14-15H2,1-2H3/b13-12-. The van der Waals surface area contributed by atoms with Crippen LogP contribution >= 0.6 is 0 Å². The van der Waals surface area contributed by atoms with Crippen molar-refractivity contribution in [1.82, 2.24) is 0 Å². The lowest BCUT2D eigenvalue weighted by atomic mass is 9.75. The minimum absolute atomic E-state index is 0.332. The molecule has 0 atom stereocenters. The molecule has 1 aliphatic carbocycles. The first kappa shape index (κ1) is 13.2. The second-order valence-electron chi connectivity index (χ2n) is 6.25. The van der Waals surface area contributed by atoms with Crippen molar-refractivity contribution in [3.05, 3.63) is 70.8 Å². The van der Waals surface area contributed by atoms with Crippen LogP contribution in [0.1, 0.15) is 42.5 Å². The highest BCUT2D eigenvalue weighted by Crippen LogP contribution is 2.35. The first-order chi connectivity index (χ1) is 9.70. The van der Waals surface area contributed by atoms with E-state index < -0.39 is 0 Å². The molecule has 0 N–H and O–H groups in total. The van der Waals surface area contributed by atoms with Crippen LogP contribution < -0.4 is 0 Å². The molecule has 0 nitrogen and oxygen atoms in total. The van der Waals surface area contributed by atoms with Crippen LogP contribution in [-0.2, 0) is 12.8 Å². The quantitative estimate of drug-likeness (QED) is 0.648. The molecule has 0 saturated carbocycles. The highest BCUT2D eigenvalue weighted by molar-refractivity contribution is 5.73. The SMILES string of the molecule is CCC1(C)Cc2ccccc2/C=C\c2ccccc2C1. The topological polar surface area (TPSA) is 0 Å². The summed E-state index contributed by atoms with van der Waals surface area (Å²) in [5.74, 6) is 0. The molecule has 2 aromatic carbocycles. The van der Waals surface area contributed by atoms with E-state index in [1.54, 1.807) is 0 Å². The molecule has 102 valence electrons. The molecule has 0 heterocycles. The minimum Gasteiger partial charge on any atom is -0.0648 e. The van der Waals surface area contributed by atoms with Crippen LogP contribution in [-0.4, -0.2) is 0 Å². The Hall–Kier alpha value is -1.82. The van der Waals surface area contributed by atoms with Crippen molar-refractivity contribution < 1.29 is 0 Å². The van der Waals surface area contributed by atoms with E-state index in [0.717, 1.165) is 12.8 Å². The van der Waals surface area contributed by atoms with Crippen LogP contribution in [0.25, 0.3) is 12.2 Å². The van der Waals surface area contributed by atoms with Crippen molar-refractivity contribution in [2.45, 2.75) is 33.1 Å². The van der Waals surface area contributed by atoms with Gasteiger partial charge in [0.05, 0.1) is 0 Å². The van der Waals surface area contributed by atoms with E-state index in [4.69, 9.17) is 0 Å². The fourth-order valence-electron chi connectivity index (χ4n) is 3.13. The van der Waals surface area contributed by atoms with Gasteiger partial charge in [-0.15, -0.1) is 0 Å². The van der Waals surface area contributed by atoms with Crippen molar-refractivity contribution in [2.75, 3.05) is 0 Å². The Balaban J connectivity index is 2.15. The first-order valence-corrected chi connectivity index (χ1v) is 7.54. The molecule has 0 fully saturated rings. The zero-order valence-corrected chi connectivity index (χ0v) is 12.4. The third kappa shape index (κ3) is 2.56. The average Bonchev–Trinajstić information content (AvgIpc) is 2.53. The maximum absolute atomic E-state index is 2.42. The number of hydrogen-bond donors (Lipinski definition) is 0. The van der Waals surface area contributed by atoms with Gasteiger partial charge in [-0.25, -0.2) is 0 Å². The van der Waals surface area contributed by atoms with E-state index >= 15 is 0 Å². The maximum Gasteiger partial charge on any atom is -0.0216 e. The van der Waals surface area contributed by atoms with E-state index in [-0.39, 0.29) is 0 Å². The van der Waals surface area contributed by atoms with Crippen LogP contribution in [0.3, 0.4) is 0 Å². The summed E-state index contributed by atoms with van der Waals surface area (Å²) < 4.78 is 0. The maximum atomic E-state index is 2.42. The van der Waals surface area contributed by atoms with E-state index in [9.17, 15) is 0 Å². The molecule has 0 radical (unpaired) electrons. The van der Waals surface area contributed by atoms with Gasteiger partial charge in [-0.2, -0.15) is 0 Å². The second kappa shape index (κ2) is 5.28. The van der Waals surface area contributed by atoms with Crippen LogP contribution in [0.15, 0.2) is 48.5 Å². The van der Waals surface area contributed by atoms with Gasteiger partial charge in [0.1, 0.15) is 0 Å². The molecule has 0 spiro atoms. The summed E-state index contributed by atoms with van der Waals surface area (Å²) in [6.07, 6.45) is 8.05. The Morgan fingerprint density at radius 3 is 1.70 bits per heavy atom. The van der Waals surface area contributed by atoms with Gasteiger partial charge in [0.25, 0.3) is 0 Å². The molecule has 0 aliphatic heterocycles. The second-order valence-corrected chi connectivity index (χ2v) is 6.25. The van der Waals surface area contributed by atoms with Gasteiger partial charge in [-0.1, -0.05) is 81.0 Å². The molecule has 0 bridgehead atoms. The molecular formula is C20H22. The zero-order valence-electron chi connectivity index (χ0n) is 12.4. The van der Waals surface area contributed by atoms with E-state index in [2.05, 4.69) is 74.5 Å². The van der Waals surface area contributed by atoms with Gasteiger partial charge >= 0.3 is 0 Å². The Morgan fingerprint density at radius 2 is 1.25 bits per heavy atom. The number of rotatable bonds is 1. The van der Waals surface area contributed by atoms with Gasteiger partial charge < -0.3 is 0 Å². The van der Waals surface area contributed by atoms with Crippen LogP contribution in [0, 0.1) is 5.41 Å². The molecule has 20 heavy (non-hydrogen) atoms. The van der Waals surface area contributed by atoms with E-state index in [1.807, 2.05) is 0 Å². The van der Waals surface area contributed by atoms with Gasteiger partial charge in [0.2, 0.25) is 0 Å². The van der Waals surface area contributed by atoms with Crippen LogP contribution in [0.5, 0.6) is 0 Å². The largest absolute Gasteiger partial charge is 0.0648 e. The molecule has 0 unspecified atom stereocenters. The predicted octanol–water partition coefficient (Wildman–Crippen LogP) is 5.37. The summed E-state index contributed by atoms with van der Waals surface area (Å²) >= 11 is 0. The van der Waals surface area contributed by atoms with Gasteiger partial charge in [0, 0.05) is 0 Å². The summed E-state index contributed by atoms with van der Waals surface area (Å²) in [6, 6.07) is 17.6. The smallest absolute Gasteiger partial charge is 0.0216 e. The highest BCUT2D eigenvalue weighted by Gasteiger charge is 2.25. The Labute approximate surface area is 122 Å². The number of fused-ring (bicyclic) bond motifs is 2. The van der Waals surface area contributed by atoms with Gasteiger partial charge in [0.15, 0.2) is 0 Å². The summed E-state index contributed by atoms with van der Waals surface area (Å²) in [4.78, 5) is 0. The van der Waals surface area contributed by atoms with Crippen molar-refractivity contribution in [3.8, 4) is 0 Å². The van der Waals surface area contributed by atoms with E-state index in [0.29, 0.717) is 5.41 Å². The fraction of sp³-hybridized carbons (Fsp3) is 0.300. The minimum atomic E-state index is 0.332. The molecule has 0 amide bonds. The summed E-state index contributed by atoms with van der Waals surface area (Å²) in [6.45, 7) is 4.74. The lowest BCUT2D eigenvalue weighted by Crippen LogP contribution is -2.22. The monoisotopic (exact) mass is 262 g/mol. The van der Waals surface area contributed by atoms with Crippen molar-refractivity contribution >= 4 is 12.2 Å². The summed E-state index contributed by atoms with van der Waals surface area (Å²) in [5, 5.41) is 0. The van der Waals surface area contributed by atoms with Crippen molar-refractivity contribution in [1.29, 1.82) is 0 Å². The van der Waals surface area contributed by atoms with Crippen LogP contribution in [0.2, 0.25) is 0 Å². The van der Waals surface area contributed by atoms with Crippen molar-refractivity contribution in [2.24, 2.45) is 5.41 Å². The number of benzene rings is 2. The molecule has 1 aliphatic rings. The third-order valence-corrected chi connectivity index (χ3v) is 4.64. The summed E-state index contributed by atoms with van der Waals surface area (Å²) in [7, 11) is 0. The lowest BCUT2D eigenvalue weighted by Gasteiger charge is -2.29. The highest BCUT2D eigenvalue weighted by atomic mass is 14.3. The molecule has 3 rings (SSSR count). The predicted molar refractivity (Wildman–Crippen MR) is 87.6 cm³/mol. The summed E-state index contributed by atoms with van der Waals surface area (Å²) in [5.41, 5.74) is 6.01. The molecule has 2 aromatic rings. The molecule has 0 aromatic heterocycles. The Morgan fingerprint density at radius 1 is 0.800 bits per heavy atom. The molecular weight excluding hydrogens is 240 g/mol. The zero-order chi connectivity index (χ0) is 14.0. The van der Waals surface area contributed by atoms with Crippen LogP contribution in [0.4, 0.5) is 0 Å². The Bertz CT molecular complexity index is 582. The first-order valence-electron chi connectivity index (χ1n) is 7.54. The average molecular weight is 262 g/mol. The normalized spacial score (nSPS) is 18.1. The molecule has 0 saturated heterocycles. The van der Waals surface area contributed by atoms with Gasteiger partial charge in [-0.05, 0) is 40.5 Å². The van der Waals surface area contributed by atoms with Crippen molar-refractivity contribution in [3.63, 3.8) is 0 Å². The Kier molecular flexibility index (Phi) is 3.48. The third-order valence-electron chi connectivity index (χ3n) is 4.64.